The summed E-state index contributed by atoms with van der Waals surface area (Å²) in [7, 11) is 1.66. The third-order valence-corrected chi connectivity index (χ3v) is 2.67. The van der Waals surface area contributed by atoms with Crippen molar-refractivity contribution in [2.75, 3.05) is 13.7 Å². The molecule has 0 spiro atoms. The second kappa shape index (κ2) is 6.11. The van der Waals surface area contributed by atoms with Crippen molar-refractivity contribution in [3.05, 3.63) is 34.3 Å². The number of aryl methyl sites for hydroxylation is 1. The molecule has 0 saturated carbocycles. The Bertz CT molecular complexity index is 312. The van der Waals surface area contributed by atoms with Gasteiger partial charge in [-0.15, -0.1) is 0 Å². The van der Waals surface area contributed by atoms with E-state index in [1.807, 2.05) is 25.1 Å². The first-order chi connectivity index (χ1) is 7.15. The molecule has 0 radical (unpaired) electrons. The lowest BCUT2D eigenvalue weighted by atomic mass is 10.0. The maximum Gasteiger partial charge on any atom is 0.0805 e. The van der Waals surface area contributed by atoms with E-state index in [0.29, 0.717) is 18.1 Å². The van der Waals surface area contributed by atoms with Crippen LogP contribution >= 0.6 is 11.6 Å². The zero-order chi connectivity index (χ0) is 11.3. The molecule has 0 aliphatic carbocycles. The van der Waals surface area contributed by atoms with Gasteiger partial charge in [-0.1, -0.05) is 23.7 Å². The standard InChI is InChI=1S/C12H17ClO2/c1-9-5-6-10(11(13)8-9)12(14)4-3-7-15-2/h5-6,8,12,14H,3-4,7H2,1-2H3. The summed E-state index contributed by atoms with van der Waals surface area (Å²) in [6.45, 7) is 2.65. The number of halogens is 1. The van der Waals surface area contributed by atoms with Crippen molar-refractivity contribution >= 4 is 11.6 Å². The Balaban J connectivity index is 2.61. The largest absolute Gasteiger partial charge is 0.388 e. The van der Waals surface area contributed by atoms with Gasteiger partial charge in [0.2, 0.25) is 0 Å². The third-order valence-electron chi connectivity index (χ3n) is 2.34. The number of ether oxygens (including phenoxy) is 1. The minimum absolute atomic E-state index is 0.492. The molecule has 1 atom stereocenters. The predicted octanol–water partition coefficient (Wildman–Crippen LogP) is 3.11. The summed E-state index contributed by atoms with van der Waals surface area (Å²) in [6.07, 6.45) is 1.02. The van der Waals surface area contributed by atoms with Crippen molar-refractivity contribution < 1.29 is 9.84 Å². The molecule has 1 unspecified atom stereocenters. The molecule has 1 aromatic rings. The predicted molar refractivity (Wildman–Crippen MR) is 62.3 cm³/mol. The van der Waals surface area contributed by atoms with Gasteiger partial charge in [-0.25, -0.2) is 0 Å². The van der Waals surface area contributed by atoms with Crippen molar-refractivity contribution in [3.8, 4) is 0 Å². The highest BCUT2D eigenvalue weighted by atomic mass is 35.5. The van der Waals surface area contributed by atoms with Crippen molar-refractivity contribution in [1.29, 1.82) is 0 Å². The second-order valence-electron chi connectivity index (χ2n) is 3.68. The van der Waals surface area contributed by atoms with Gasteiger partial charge in [0.25, 0.3) is 0 Å². The molecule has 84 valence electrons. The number of aliphatic hydroxyl groups is 1. The van der Waals surface area contributed by atoms with Gasteiger partial charge in [0.1, 0.15) is 0 Å². The Kier molecular flexibility index (Phi) is 5.09. The number of methoxy groups -OCH3 is 1. The minimum atomic E-state index is -0.492. The molecule has 3 heteroatoms. The first kappa shape index (κ1) is 12.5. The van der Waals surface area contributed by atoms with E-state index in [1.54, 1.807) is 7.11 Å². The highest BCUT2D eigenvalue weighted by molar-refractivity contribution is 6.31. The van der Waals surface area contributed by atoms with Crippen LogP contribution in [0.5, 0.6) is 0 Å². The molecule has 0 aromatic heterocycles. The molecular weight excluding hydrogens is 212 g/mol. The van der Waals surface area contributed by atoms with Crippen LogP contribution in [0.25, 0.3) is 0 Å². The first-order valence-electron chi connectivity index (χ1n) is 5.08. The molecule has 0 amide bonds. The molecule has 0 bridgehead atoms. The number of hydrogen-bond acceptors (Lipinski definition) is 2. The van der Waals surface area contributed by atoms with E-state index in [2.05, 4.69) is 0 Å². The number of hydrogen-bond donors (Lipinski definition) is 1. The van der Waals surface area contributed by atoms with Crippen molar-refractivity contribution in [3.63, 3.8) is 0 Å². The SMILES string of the molecule is COCCCC(O)c1ccc(C)cc1Cl. The molecule has 0 fully saturated rings. The Morgan fingerprint density at radius 2 is 2.20 bits per heavy atom. The maximum atomic E-state index is 9.88. The van der Waals surface area contributed by atoms with Crippen LogP contribution in [0.2, 0.25) is 5.02 Å². The van der Waals surface area contributed by atoms with E-state index in [0.717, 1.165) is 17.5 Å². The van der Waals surface area contributed by atoms with Crippen LogP contribution < -0.4 is 0 Å². The van der Waals surface area contributed by atoms with Crippen molar-refractivity contribution in [2.45, 2.75) is 25.9 Å². The Labute approximate surface area is 95.8 Å². The Hall–Kier alpha value is -0.570. The van der Waals surface area contributed by atoms with Crippen LogP contribution in [0.1, 0.15) is 30.1 Å². The number of benzene rings is 1. The Morgan fingerprint density at radius 1 is 1.47 bits per heavy atom. The van der Waals surface area contributed by atoms with E-state index in [4.69, 9.17) is 16.3 Å². The molecule has 1 rings (SSSR count). The van der Waals surface area contributed by atoms with Gasteiger partial charge < -0.3 is 9.84 Å². The van der Waals surface area contributed by atoms with Crippen molar-refractivity contribution in [1.82, 2.24) is 0 Å². The molecule has 0 aliphatic rings. The van der Waals surface area contributed by atoms with Gasteiger partial charge in [-0.3, -0.25) is 0 Å². The molecule has 1 aromatic carbocycles. The summed E-state index contributed by atoms with van der Waals surface area (Å²) in [4.78, 5) is 0. The summed E-state index contributed by atoms with van der Waals surface area (Å²) in [5, 5.41) is 10.5. The van der Waals surface area contributed by atoms with Crippen LogP contribution in [-0.4, -0.2) is 18.8 Å². The van der Waals surface area contributed by atoms with E-state index >= 15 is 0 Å². The van der Waals surface area contributed by atoms with Crippen LogP contribution in [0.4, 0.5) is 0 Å². The van der Waals surface area contributed by atoms with Gasteiger partial charge in [0.15, 0.2) is 0 Å². The molecule has 0 heterocycles. The zero-order valence-electron chi connectivity index (χ0n) is 9.16. The van der Waals surface area contributed by atoms with Gasteiger partial charge >= 0.3 is 0 Å². The molecular formula is C12H17ClO2. The van der Waals surface area contributed by atoms with E-state index < -0.39 is 6.10 Å². The van der Waals surface area contributed by atoms with E-state index in [9.17, 15) is 5.11 Å². The fraction of sp³-hybridized carbons (Fsp3) is 0.500. The van der Waals surface area contributed by atoms with Crippen molar-refractivity contribution in [2.24, 2.45) is 0 Å². The second-order valence-corrected chi connectivity index (χ2v) is 4.08. The normalized spacial score (nSPS) is 12.8. The van der Waals surface area contributed by atoms with Gasteiger partial charge in [0, 0.05) is 18.7 Å². The lowest BCUT2D eigenvalue weighted by Gasteiger charge is -2.12. The zero-order valence-corrected chi connectivity index (χ0v) is 9.92. The highest BCUT2D eigenvalue weighted by Gasteiger charge is 2.10. The van der Waals surface area contributed by atoms with Gasteiger partial charge in [-0.2, -0.15) is 0 Å². The number of rotatable bonds is 5. The van der Waals surface area contributed by atoms with Crippen LogP contribution in [0.3, 0.4) is 0 Å². The summed E-state index contributed by atoms with van der Waals surface area (Å²) < 4.78 is 4.93. The lowest BCUT2D eigenvalue weighted by molar-refractivity contribution is 0.136. The van der Waals surface area contributed by atoms with E-state index in [-0.39, 0.29) is 0 Å². The Morgan fingerprint density at radius 3 is 2.80 bits per heavy atom. The minimum Gasteiger partial charge on any atom is -0.388 e. The smallest absolute Gasteiger partial charge is 0.0805 e. The molecule has 15 heavy (non-hydrogen) atoms. The van der Waals surface area contributed by atoms with E-state index in [1.165, 1.54) is 0 Å². The average molecular weight is 229 g/mol. The highest BCUT2D eigenvalue weighted by Crippen LogP contribution is 2.26. The summed E-state index contributed by atoms with van der Waals surface area (Å²) in [6, 6.07) is 5.71. The number of aliphatic hydroxyl groups excluding tert-OH is 1. The fourth-order valence-electron chi connectivity index (χ4n) is 1.48. The topological polar surface area (TPSA) is 29.5 Å². The summed E-state index contributed by atoms with van der Waals surface area (Å²) >= 11 is 6.05. The molecule has 1 N–H and O–H groups in total. The fourth-order valence-corrected chi connectivity index (χ4v) is 1.84. The summed E-state index contributed by atoms with van der Waals surface area (Å²) in [5.41, 5.74) is 1.91. The van der Waals surface area contributed by atoms with Gasteiger partial charge in [-0.05, 0) is 37.0 Å². The molecule has 0 saturated heterocycles. The van der Waals surface area contributed by atoms with Gasteiger partial charge in [0.05, 0.1) is 6.10 Å². The van der Waals surface area contributed by atoms with Crippen LogP contribution in [-0.2, 0) is 4.74 Å². The first-order valence-corrected chi connectivity index (χ1v) is 5.46. The van der Waals surface area contributed by atoms with Crippen LogP contribution in [0, 0.1) is 6.92 Å². The third kappa shape index (κ3) is 3.82. The monoisotopic (exact) mass is 228 g/mol. The lowest BCUT2D eigenvalue weighted by Crippen LogP contribution is -2.00. The molecule has 2 nitrogen and oxygen atoms in total. The van der Waals surface area contributed by atoms with Crippen LogP contribution in [0.15, 0.2) is 18.2 Å². The summed E-state index contributed by atoms with van der Waals surface area (Å²) in [5.74, 6) is 0. The average Bonchev–Trinajstić information content (AvgIpc) is 2.17. The maximum absolute atomic E-state index is 9.88. The quantitative estimate of drug-likeness (QED) is 0.785. The molecule has 0 aliphatic heterocycles.